The van der Waals surface area contributed by atoms with Crippen LogP contribution in [-0.4, -0.2) is 32.4 Å². The molecule has 5 aromatic rings. The summed E-state index contributed by atoms with van der Waals surface area (Å²) < 4.78 is 2.13. The van der Waals surface area contributed by atoms with Gasteiger partial charge in [-0.2, -0.15) is 0 Å². The lowest BCUT2D eigenvalue weighted by Crippen LogP contribution is -2.44. The predicted octanol–water partition coefficient (Wildman–Crippen LogP) is 4.53. The molecule has 8 nitrogen and oxygen atoms in total. The zero-order chi connectivity index (χ0) is 24.6. The number of halogens is 1. The molecule has 7 rings (SSSR count). The van der Waals surface area contributed by atoms with E-state index in [-0.39, 0.29) is 11.5 Å². The SMILES string of the molecule is Nc1ccc2c(c1)C(N)C1(CCN(c3nc4ccc(Sc5ccnc(N)c5Cl)c5ncc3n45)CC1)C2. The number of piperidine rings is 1. The van der Waals surface area contributed by atoms with Gasteiger partial charge in [0.15, 0.2) is 11.5 Å². The number of rotatable bonds is 3. The molecule has 1 fully saturated rings. The molecule has 2 aliphatic rings. The van der Waals surface area contributed by atoms with E-state index >= 15 is 0 Å². The van der Waals surface area contributed by atoms with Crippen molar-refractivity contribution in [2.75, 3.05) is 29.5 Å². The molecule has 1 atom stereocenters. The number of nitrogens with zero attached hydrogens (tertiary/aromatic N) is 5. The summed E-state index contributed by atoms with van der Waals surface area (Å²) in [5, 5.41) is 0.459. The molecule has 6 N–H and O–H groups in total. The van der Waals surface area contributed by atoms with E-state index in [9.17, 15) is 0 Å². The summed E-state index contributed by atoms with van der Waals surface area (Å²) in [5.41, 5.74) is 24.9. The number of anilines is 3. The smallest absolute Gasteiger partial charge is 0.157 e. The van der Waals surface area contributed by atoms with Crippen LogP contribution in [0.15, 0.2) is 58.6 Å². The summed E-state index contributed by atoms with van der Waals surface area (Å²) in [6.45, 7) is 1.81. The first-order chi connectivity index (χ1) is 17.4. The second-order valence-electron chi connectivity index (χ2n) is 9.87. The van der Waals surface area contributed by atoms with E-state index in [1.165, 1.54) is 22.9 Å². The lowest BCUT2D eigenvalue weighted by molar-refractivity contribution is 0.187. The Kier molecular flexibility index (Phi) is 4.80. The third-order valence-corrected chi connectivity index (χ3v) is 9.52. The predicted molar refractivity (Wildman–Crippen MR) is 145 cm³/mol. The van der Waals surface area contributed by atoms with Crippen LogP contribution in [0.3, 0.4) is 0 Å². The molecule has 1 aromatic carbocycles. The number of hydrogen-bond acceptors (Lipinski definition) is 8. The van der Waals surface area contributed by atoms with E-state index in [0.717, 1.165) is 70.5 Å². The molecule has 1 saturated heterocycles. The minimum atomic E-state index is 0.0242. The standard InChI is InChI=1S/C26H25ClN8S/c27-21-18(5-8-31-23(21)30)36-19-3-4-20-33-24(17-13-32-25(19)35(17)20)34-9-6-26(7-10-34)12-14-1-2-15(28)11-16(14)22(26)29/h1-5,8,11,13,22H,6-7,9-10,12,28-29H2,(H2,30,31). The maximum Gasteiger partial charge on any atom is 0.157 e. The Morgan fingerprint density at radius 2 is 1.86 bits per heavy atom. The van der Waals surface area contributed by atoms with Crippen LogP contribution in [0.4, 0.5) is 17.3 Å². The molecule has 1 aliphatic carbocycles. The van der Waals surface area contributed by atoms with E-state index in [1.807, 2.05) is 30.5 Å². The molecule has 1 spiro atoms. The van der Waals surface area contributed by atoms with Gasteiger partial charge in [0.1, 0.15) is 17.0 Å². The second-order valence-corrected chi connectivity index (χ2v) is 11.3. The molecule has 182 valence electrons. The van der Waals surface area contributed by atoms with Crippen molar-refractivity contribution in [1.82, 2.24) is 19.4 Å². The normalized spacial score (nSPS) is 19.1. The molecular formula is C26H25ClN8S. The summed E-state index contributed by atoms with van der Waals surface area (Å²) in [6, 6.07) is 12.2. The molecule has 1 unspecified atom stereocenters. The van der Waals surface area contributed by atoms with E-state index in [1.54, 1.807) is 6.20 Å². The van der Waals surface area contributed by atoms with Gasteiger partial charge in [0, 0.05) is 35.9 Å². The summed E-state index contributed by atoms with van der Waals surface area (Å²) in [4.78, 5) is 18.0. The van der Waals surface area contributed by atoms with E-state index in [0.29, 0.717) is 10.8 Å². The minimum absolute atomic E-state index is 0.0242. The monoisotopic (exact) mass is 516 g/mol. The maximum atomic E-state index is 6.80. The fourth-order valence-electron chi connectivity index (χ4n) is 5.95. The Balaban J connectivity index is 1.17. The summed E-state index contributed by atoms with van der Waals surface area (Å²) >= 11 is 7.92. The molecule has 0 amide bonds. The van der Waals surface area contributed by atoms with Gasteiger partial charge in [0.25, 0.3) is 0 Å². The first-order valence-corrected chi connectivity index (χ1v) is 13.2. The van der Waals surface area contributed by atoms with Crippen LogP contribution in [0.5, 0.6) is 0 Å². The number of aromatic nitrogens is 4. The van der Waals surface area contributed by atoms with Crippen molar-refractivity contribution >= 4 is 57.5 Å². The number of benzene rings is 1. The molecule has 0 radical (unpaired) electrons. The van der Waals surface area contributed by atoms with Gasteiger partial charge in [0.05, 0.1) is 16.1 Å². The molecule has 4 aromatic heterocycles. The molecule has 0 bridgehead atoms. The Hall–Kier alpha value is -3.27. The lowest BCUT2D eigenvalue weighted by atomic mass is 9.73. The first-order valence-electron chi connectivity index (χ1n) is 12.0. The fourth-order valence-corrected chi connectivity index (χ4v) is 7.11. The van der Waals surface area contributed by atoms with Crippen molar-refractivity contribution in [3.63, 3.8) is 0 Å². The minimum Gasteiger partial charge on any atom is -0.399 e. The van der Waals surface area contributed by atoms with Gasteiger partial charge >= 0.3 is 0 Å². The summed E-state index contributed by atoms with van der Waals surface area (Å²) in [5.74, 6) is 1.30. The zero-order valence-electron chi connectivity index (χ0n) is 19.5. The van der Waals surface area contributed by atoms with Crippen LogP contribution in [-0.2, 0) is 6.42 Å². The quantitative estimate of drug-likeness (QED) is 0.299. The third kappa shape index (κ3) is 3.16. The number of hydrogen-bond donors (Lipinski definition) is 3. The Labute approximate surface area is 217 Å². The highest BCUT2D eigenvalue weighted by molar-refractivity contribution is 7.99. The Morgan fingerprint density at radius 1 is 1.03 bits per heavy atom. The second kappa shape index (κ2) is 7.86. The van der Waals surface area contributed by atoms with E-state index in [4.69, 9.17) is 38.8 Å². The Bertz CT molecular complexity index is 1620. The average molecular weight is 517 g/mol. The number of imidazole rings is 2. The number of fused-ring (bicyclic) bond motifs is 1. The van der Waals surface area contributed by atoms with Crippen LogP contribution in [0.25, 0.3) is 16.8 Å². The topological polar surface area (TPSA) is 124 Å². The van der Waals surface area contributed by atoms with Crippen molar-refractivity contribution in [3.8, 4) is 0 Å². The van der Waals surface area contributed by atoms with E-state index < -0.39 is 0 Å². The van der Waals surface area contributed by atoms with Crippen molar-refractivity contribution < 1.29 is 0 Å². The molecular weight excluding hydrogens is 492 g/mol. The fraction of sp³-hybridized carbons (Fsp3) is 0.269. The average Bonchev–Trinajstić information content (AvgIpc) is 3.55. The van der Waals surface area contributed by atoms with Crippen molar-refractivity contribution in [2.45, 2.75) is 35.1 Å². The zero-order valence-corrected chi connectivity index (χ0v) is 21.1. The van der Waals surface area contributed by atoms with Crippen LogP contribution in [0, 0.1) is 5.41 Å². The molecule has 0 saturated carbocycles. The maximum absolute atomic E-state index is 6.80. The first kappa shape index (κ1) is 22.0. The van der Waals surface area contributed by atoms with Crippen molar-refractivity contribution in [1.29, 1.82) is 0 Å². The van der Waals surface area contributed by atoms with E-state index in [2.05, 4.69) is 26.4 Å². The lowest BCUT2D eigenvalue weighted by Gasteiger charge is -2.42. The third-order valence-electron chi connectivity index (χ3n) is 7.91. The molecule has 5 heterocycles. The van der Waals surface area contributed by atoms with Crippen molar-refractivity contribution in [2.24, 2.45) is 11.1 Å². The number of pyridine rings is 2. The van der Waals surface area contributed by atoms with Gasteiger partial charge in [-0.25, -0.2) is 15.0 Å². The van der Waals surface area contributed by atoms with Gasteiger partial charge in [0.2, 0.25) is 0 Å². The van der Waals surface area contributed by atoms with Gasteiger partial charge in [-0.3, -0.25) is 4.40 Å². The number of nitrogens with two attached hydrogens (primary N) is 3. The van der Waals surface area contributed by atoms with Crippen LogP contribution in [0.2, 0.25) is 5.02 Å². The highest BCUT2D eigenvalue weighted by atomic mass is 35.5. The molecule has 10 heteroatoms. The Morgan fingerprint density at radius 3 is 2.69 bits per heavy atom. The number of nitrogen functional groups attached to an aromatic ring is 2. The van der Waals surface area contributed by atoms with Gasteiger partial charge in [-0.05, 0) is 66.1 Å². The van der Waals surface area contributed by atoms with Crippen LogP contribution < -0.4 is 22.1 Å². The van der Waals surface area contributed by atoms with Crippen LogP contribution in [0.1, 0.15) is 30.0 Å². The summed E-state index contributed by atoms with van der Waals surface area (Å²) in [6.07, 6.45) is 6.63. The largest absolute Gasteiger partial charge is 0.399 e. The molecule has 1 aliphatic heterocycles. The van der Waals surface area contributed by atoms with Crippen molar-refractivity contribution in [3.05, 3.63) is 64.9 Å². The molecule has 36 heavy (non-hydrogen) atoms. The highest BCUT2D eigenvalue weighted by Gasteiger charge is 2.46. The highest BCUT2D eigenvalue weighted by Crippen LogP contribution is 2.51. The van der Waals surface area contributed by atoms with Gasteiger partial charge in [-0.15, -0.1) is 0 Å². The van der Waals surface area contributed by atoms with Crippen LogP contribution >= 0.6 is 23.4 Å². The van der Waals surface area contributed by atoms with Gasteiger partial charge < -0.3 is 22.1 Å². The van der Waals surface area contributed by atoms with Gasteiger partial charge in [-0.1, -0.05) is 29.4 Å². The summed E-state index contributed by atoms with van der Waals surface area (Å²) in [7, 11) is 0.